The largest absolute Gasteiger partial charge is 0.398 e. The summed E-state index contributed by atoms with van der Waals surface area (Å²) in [5, 5.41) is 28.6. The molecule has 1 aromatic carbocycles. The van der Waals surface area contributed by atoms with Crippen LogP contribution >= 0.6 is 0 Å². The smallest absolute Gasteiger partial charge is 0.0990 e. The van der Waals surface area contributed by atoms with Crippen molar-refractivity contribution in [3.05, 3.63) is 23.8 Å². The zero-order valence-electron chi connectivity index (χ0n) is 9.74. The first-order valence-electron chi connectivity index (χ1n) is 5.67. The molecule has 0 aliphatic carbocycles. The average Bonchev–Trinajstić information content (AvgIpc) is 2.59. The van der Waals surface area contributed by atoms with E-state index < -0.39 is 18.3 Å². The van der Waals surface area contributed by atoms with Crippen LogP contribution in [0.4, 0.5) is 11.4 Å². The molecule has 1 heterocycles. The van der Waals surface area contributed by atoms with Crippen molar-refractivity contribution in [3.63, 3.8) is 0 Å². The summed E-state index contributed by atoms with van der Waals surface area (Å²) in [6, 6.07) is 5.35. The topological polar surface area (TPSA) is 90.0 Å². The van der Waals surface area contributed by atoms with Crippen molar-refractivity contribution in [2.24, 2.45) is 0 Å². The molecule has 0 radical (unpaired) electrons. The second-order valence-corrected chi connectivity index (χ2v) is 4.53. The highest BCUT2D eigenvalue weighted by atomic mass is 16.3. The van der Waals surface area contributed by atoms with E-state index in [0.717, 1.165) is 5.69 Å². The minimum absolute atomic E-state index is 0.393. The maximum atomic E-state index is 9.58. The molecule has 3 unspecified atom stereocenters. The molecule has 1 aliphatic heterocycles. The van der Waals surface area contributed by atoms with Crippen molar-refractivity contribution >= 4 is 11.4 Å². The lowest BCUT2D eigenvalue weighted by atomic mass is 10.1. The van der Waals surface area contributed by atoms with Crippen molar-refractivity contribution < 1.29 is 15.3 Å². The highest BCUT2D eigenvalue weighted by Crippen LogP contribution is 2.28. The molecule has 2 rings (SSSR count). The van der Waals surface area contributed by atoms with Gasteiger partial charge in [0, 0.05) is 30.0 Å². The Hall–Kier alpha value is -1.30. The lowest BCUT2D eigenvalue weighted by Gasteiger charge is -2.20. The number of hydrogen-bond donors (Lipinski definition) is 4. The molecule has 1 aromatic rings. The van der Waals surface area contributed by atoms with Crippen molar-refractivity contribution in [1.29, 1.82) is 0 Å². The predicted octanol–water partition coefficient (Wildman–Crippen LogP) is -0.136. The highest BCUT2D eigenvalue weighted by Gasteiger charge is 2.29. The fourth-order valence-electron chi connectivity index (χ4n) is 2.10. The summed E-state index contributed by atoms with van der Waals surface area (Å²) in [7, 11) is 0. The Morgan fingerprint density at radius 2 is 1.88 bits per heavy atom. The maximum Gasteiger partial charge on any atom is 0.0990 e. The Morgan fingerprint density at radius 3 is 2.41 bits per heavy atom. The Kier molecular flexibility index (Phi) is 3.24. The molecule has 0 saturated carbocycles. The monoisotopic (exact) mass is 238 g/mol. The predicted molar refractivity (Wildman–Crippen MR) is 65.7 cm³/mol. The van der Waals surface area contributed by atoms with Gasteiger partial charge >= 0.3 is 0 Å². The second-order valence-electron chi connectivity index (χ2n) is 4.53. The third-order valence-electron chi connectivity index (χ3n) is 3.14. The van der Waals surface area contributed by atoms with E-state index in [9.17, 15) is 15.3 Å². The molecule has 94 valence electrons. The first-order chi connectivity index (χ1) is 7.99. The van der Waals surface area contributed by atoms with E-state index in [-0.39, 0.29) is 0 Å². The molecule has 1 fully saturated rings. The number of β-amino-alcohol motifs (C(OH)–C–C–N with tert-alkyl or cyclic N) is 2. The number of rotatable bonds is 2. The van der Waals surface area contributed by atoms with Crippen LogP contribution in [-0.2, 0) is 0 Å². The fourth-order valence-corrected chi connectivity index (χ4v) is 2.10. The van der Waals surface area contributed by atoms with Crippen LogP contribution in [0.2, 0.25) is 0 Å². The van der Waals surface area contributed by atoms with E-state index in [4.69, 9.17) is 5.73 Å². The zero-order valence-corrected chi connectivity index (χ0v) is 9.74. The third-order valence-corrected chi connectivity index (χ3v) is 3.14. The maximum absolute atomic E-state index is 9.58. The summed E-state index contributed by atoms with van der Waals surface area (Å²) in [4.78, 5) is 1.88. The van der Waals surface area contributed by atoms with Crippen LogP contribution in [0, 0.1) is 0 Å². The Bertz CT molecular complexity index is 399. The van der Waals surface area contributed by atoms with Gasteiger partial charge in [0.2, 0.25) is 0 Å². The first-order valence-corrected chi connectivity index (χ1v) is 5.67. The van der Waals surface area contributed by atoms with Crippen LogP contribution < -0.4 is 10.6 Å². The number of benzene rings is 1. The molecule has 0 spiro atoms. The number of hydrogen-bond acceptors (Lipinski definition) is 5. The van der Waals surface area contributed by atoms with Gasteiger partial charge in [-0.3, -0.25) is 0 Å². The van der Waals surface area contributed by atoms with Crippen molar-refractivity contribution in [1.82, 2.24) is 0 Å². The molecule has 3 atom stereocenters. The molecule has 1 aliphatic rings. The molecular weight excluding hydrogens is 220 g/mol. The number of nitrogens with two attached hydrogens (primary N) is 1. The molecular formula is C12H18N2O3. The van der Waals surface area contributed by atoms with Crippen LogP contribution in [0.25, 0.3) is 0 Å². The lowest BCUT2D eigenvalue weighted by Crippen LogP contribution is -2.22. The summed E-state index contributed by atoms with van der Waals surface area (Å²) in [5.74, 6) is 0. The first kappa shape index (κ1) is 12.2. The quantitative estimate of drug-likeness (QED) is 0.539. The Morgan fingerprint density at radius 1 is 1.29 bits per heavy atom. The van der Waals surface area contributed by atoms with E-state index in [2.05, 4.69) is 0 Å². The molecule has 0 amide bonds. The molecule has 5 N–H and O–H groups in total. The van der Waals surface area contributed by atoms with Gasteiger partial charge < -0.3 is 26.0 Å². The zero-order chi connectivity index (χ0) is 12.6. The van der Waals surface area contributed by atoms with Gasteiger partial charge in [-0.25, -0.2) is 0 Å². The summed E-state index contributed by atoms with van der Waals surface area (Å²) in [6.45, 7) is 2.44. The number of nitrogen functional groups attached to an aromatic ring is 1. The van der Waals surface area contributed by atoms with E-state index >= 15 is 0 Å². The molecule has 17 heavy (non-hydrogen) atoms. The fraction of sp³-hybridized carbons (Fsp3) is 0.500. The summed E-state index contributed by atoms with van der Waals surface area (Å²) in [5.41, 5.74) is 7.83. The Labute approximate surface area is 100 Å². The van der Waals surface area contributed by atoms with Gasteiger partial charge in [0.05, 0.1) is 18.3 Å². The van der Waals surface area contributed by atoms with Gasteiger partial charge in [0.1, 0.15) is 0 Å². The average molecular weight is 238 g/mol. The van der Waals surface area contributed by atoms with E-state index in [1.54, 1.807) is 19.1 Å². The van der Waals surface area contributed by atoms with Crippen molar-refractivity contribution in [2.45, 2.75) is 25.2 Å². The van der Waals surface area contributed by atoms with Gasteiger partial charge in [0.15, 0.2) is 0 Å². The molecule has 1 saturated heterocycles. The van der Waals surface area contributed by atoms with E-state index in [1.165, 1.54) is 0 Å². The minimum atomic E-state index is -0.720. The number of nitrogens with zero attached hydrogens (tertiary/aromatic N) is 1. The molecule has 0 aromatic heterocycles. The SMILES string of the molecule is CC(O)c1cc(N2CC(O)C(O)C2)ccc1N. The molecule has 5 nitrogen and oxygen atoms in total. The van der Waals surface area contributed by atoms with E-state index in [0.29, 0.717) is 24.3 Å². The van der Waals surface area contributed by atoms with Crippen LogP contribution in [0.15, 0.2) is 18.2 Å². The van der Waals surface area contributed by atoms with Gasteiger partial charge in [0.25, 0.3) is 0 Å². The van der Waals surface area contributed by atoms with Gasteiger partial charge in [-0.2, -0.15) is 0 Å². The van der Waals surface area contributed by atoms with Crippen molar-refractivity contribution in [2.75, 3.05) is 23.7 Å². The van der Waals surface area contributed by atoms with E-state index in [1.807, 2.05) is 11.0 Å². The third kappa shape index (κ3) is 2.36. The van der Waals surface area contributed by atoms with Gasteiger partial charge in [-0.1, -0.05) is 0 Å². The highest BCUT2D eigenvalue weighted by molar-refractivity contribution is 5.59. The number of aliphatic hydroxyl groups is 3. The number of aliphatic hydroxyl groups excluding tert-OH is 3. The van der Waals surface area contributed by atoms with Gasteiger partial charge in [-0.15, -0.1) is 0 Å². The minimum Gasteiger partial charge on any atom is -0.398 e. The molecule has 5 heteroatoms. The number of anilines is 2. The summed E-state index contributed by atoms with van der Waals surface area (Å²) >= 11 is 0. The van der Waals surface area contributed by atoms with Crippen LogP contribution in [0.5, 0.6) is 0 Å². The van der Waals surface area contributed by atoms with Gasteiger partial charge in [-0.05, 0) is 25.1 Å². The van der Waals surface area contributed by atoms with Crippen LogP contribution in [0.3, 0.4) is 0 Å². The van der Waals surface area contributed by atoms with Crippen molar-refractivity contribution in [3.8, 4) is 0 Å². The standard InChI is InChI=1S/C12H18N2O3/c1-7(15)9-4-8(2-3-10(9)13)14-5-11(16)12(17)6-14/h2-4,7,11-12,15-17H,5-6,13H2,1H3. The lowest BCUT2D eigenvalue weighted by molar-refractivity contribution is 0.0572. The van der Waals surface area contributed by atoms with Crippen LogP contribution in [-0.4, -0.2) is 40.6 Å². The Balaban J connectivity index is 2.25. The van der Waals surface area contributed by atoms with Crippen LogP contribution in [0.1, 0.15) is 18.6 Å². The molecule has 0 bridgehead atoms. The summed E-state index contributed by atoms with van der Waals surface area (Å²) in [6.07, 6.45) is -2.07. The summed E-state index contributed by atoms with van der Waals surface area (Å²) < 4.78 is 0. The second kappa shape index (κ2) is 4.52. The normalized spacial score (nSPS) is 26.2.